The van der Waals surface area contributed by atoms with E-state index in [1.165, 1.54) is 0 Å². The molecule has 0 amide bonds. The molecule has 0 aliphatic carbocycles. The minimum atomic E-state index is -0.501. The van der Waals surface area contributed by atoms with Crippen LogP contribution in [0.5, 0.6) is 0 Å². The van der Waals surface area contributed by atoms with Crippen LogP contribution in [0.2, 0.25) is 10.0 Å². The number of ether oxygens (including phenoxy) is 1. The zero-order chi connectivity index (χ0) is 17.1. The highest BCUT2D eigenvalue weighted by atomic mass is 35.5. The number of esters is 1. The summed E-state index contributed by atoms with van der Waals surface area (Å²) in [6.07, 6.45) is 0. The van der Waals surface area contributed by atoms with Crippen LogP contribution in [0.25, 0.3) is 11.3 Å². The topological polar surface area (TPSA) is 52.3 Å². The SMILES string of the molecule is Cc1onc(-c2ccccc2)c1C(=O)OCc1ccc(Cl)c(Cl)c1. The van der Waals surface area contributed by atoms with E-state index in [1.54, 1.807) is 25.1 Å². The predicted octanol–water partition coefficient (Wildman–Crippen LogP) is 5.31. The van der Waals surface area contributed by atoms with E-state index in [4.69, 9.17) is 32.5 Å². The van der Waals surface area contributed by atoms with Crippen molar-refractivity contribution in [2.75, 3.05) is 0 Å². The van der Waals surface area contributed by atoms with Gasteiger partial charge in [-0.1, -0.05) is 64.8 Å². The minimum absolute atomic E-state index is 0.0779. The number of halogens is 2. The van der Waals surface area contributed by atoms with Crippen molar-refractivity contribution in [2.24, 2.45) is 0 Å². The van der Waals surface area contributed by atoms with Crippen molar-refractivity contribution >= 4 is 29.2 Å². The van der Waals surface area contributed by atoms with Gasteiger partial charge >= 0.3 is 5.97 Å². The third-order valence-corrected chi connectivity index (χ3v) is 4.21. The number of benzene rings is 2. The van der Waals surface area contributed by atoms with Crippen LogP contribution in [0.1, 0.15) is 21.7 Å². The Morgan fingerprint density at radius 3 is 2.58 bits per heavy atom. The maximum Gasteiger partial charge on any atom is 0.344 e. The van der Waals surface area contributed by atoms with Crippen LogP contribution in [-0.2, 0) is 11.3 Å². The number of aryl methyl sites for hydroxylation is 1. The van der Waals surface area contributed by atoms with Gasteiger partial charge in [-0.2, -0.15) is 0 Å². The Bertz CT molecular complexity index is 875. The second kappa shape index (κ2) is 7.07. The fourth-order valence-corrected chi connectivity index (χ4v) is 2.58. The first-order chi connectivity index (χ1) is 11.6. The smallest absolute Gasteiger partial charge is 0.344 e. The van der Waals surface area contributed by atoms with Gasteiger partial charge in [0.25, 0.3) is 0 Å². The van der Waals surface area contributed by atoms with Gasteiger partial charge in [-0.05, 0) is 24.6 Å². The fraction of sp³-hybridized carbons (Fsp3) is 0.111. The van der Waals surface area contributed by atoms with Gasteiger partial charge in [-0.15, -0.1) is 0 Å². The van der Waals surface area contributed by atoms with Gasteiger partial charge in [0, 0.05) is 5.56 Å². The first kappa shape index (κ1) is 16.6. The quantitative estimate of drug-likeness (QED) is 0.590. The zero-order valence-corrected chi connectivity index (χ0v) is 14.3. The summed E-state index contributed by atoms with van der Waals surface area (Å²) < 4.78 is 10.5. The molecule has 4 nitrogen and oxygen atoms in total. The van der Waals surface area contributed by atoms with Gasteiger partial charge in [-0.3, -0.25) is 0 Å². The molecule has 0 bridgehead atoms. The Hall–Kier alpha value is -2.30. The molecule has 2 aromatic carbocycles. The van der Waals surface area contributed by atoms with Crippen LogP contribution in [0.4, 0.5) is 0 Å². The summed E-state index contributed by atoms with van der Waals surface area (Å²) >= 11 is 11.8. The lowest BCUT2D eigenvalue weighted by molar-refractivity contribution is 0.0471. The summed E-state index contributed by atoms with van der Waals surface area (Å²) in [6.45, 7) is 1.75. The minimum Gasteiger partial charge on any atom is -0.457 e. The number of rotatable bonds is 4. The van der Waals surface area contributed by atoms with Crippen LogP contribution in [0.15, 0.2) is 53.1 Å². The van der Waals surface area contributed by atoms with E-state index in [2.05, 4.69) is 5.16 Å². The van der Waals surface area contributed by atoms with Crippen LogP contribution in [-0.4, -0.2) is 11.1 Å². The van der Waals surface area contributed by atoms with E-state index in [1.807, 2.05) is 30.3 Å². The van der Waals surface area contributed by atoms with E-state index in [0.717, 1.165) is 11.1 Å². The van der Waals surface area contributed by atoms with E-state index in [-0.39, 0.29) is 6.61 Å². The third kappa shape index (κ3) is 3.45. The van der Waals surface area contributed by atoms with Crippen molar-refractivity contribution in [3.8, 4) is 11.3 Å². The summed E-state index contributed by atoms with van der Waals surface area (Å²) in [4.78, 5) is 12.5. The maximum absolute atomic E-state index is 12.5. The predicted molar refractivity (Wildman–Crippen MR) is 92.3 cm³/mol. The summed E-state index contributed by atoms with van der Waals surface area (Å²) in [5, 5.41) is 4.84. The Balaban J connectivity index is 1.80. The zero-order valence-electron chi connectivity index (χ0n) is 12.8. The normalized spacial score (nSPS) is 10.6. The number of hydrogen-bond acceptors (Lipinski definition) is 4. The molecule has 3 rings (SSSR count). The highest BCUT2D eigenvalue weighted by molar-refractivity contribution is 6.42. The largest absolute Gasteiger partial charge is 0.457 e. The van der Waals surface area contributed by atoms with Crippen molar-refractivity contribution in [1.82, 2.24) is 5.16 Å². The Labute approximate surface area is 148 Å². The number of hydrogen-bond donors (Lipinski definition) is 0. The van der Waals surface area contributed by atoms with Crippen LogP contribution < -0.4 is 0 Å². The highest BCUT2D eigenvalue weighted by Crippen LogP contribution is 2.27. The first-order valence-electron chi connectivity index (χ1n) is 7.19. The van der Waals surface area contributed by atoms with Gasteiger partial charge < -0.3 is 9.26 Å². The number of carbonyl (C=O) groups excluding carboxylic acids is 1. The van der Waals surface area contributed by atoms with E-state index in [0.29, 0.717) is 27.1 Å². The molecular weight excluding hydrogens is 349 g/mol. The molecule has 0 unspecified atom stereocenters. The molecule has 0 saturated heterocycles. The van der Waals surface area contributed by atoms with Crippen molar-refractivity contribution < 1.29 is 14.1 Å². The van der Waals surface area contributed by atoms with Crippen LogP contribution >= 0.6 is 23.2 Å². The average Bonchev–Trinajstić information content (AvgIpc) is 2.98. The highest BCUT2D eigenvalue weighted by Gasteiger charge is 2.23. The van der Waals surface area contributed by atoms with E-state index >= 15 is 0 Å². The molecule has 0 aliphatic rings. The van der Waals surface area contributed by atoms with Gasteiger partial charge in [0.15, 0.2) is 0 Å². The second-order valence-corrected chi connectivity index (χ2v) is 5.97. The molecule has 0 fully saturated rings. The van der Waals surface area contributed by atoms with Crippen LogP contribution in [0.3, 0.4) is 0 Å². The monoisotopic (exact) mass is 361 g/mol. The first-order valence-corrected chi connectivity index (χ1v) is 7.94. The summed E-state index contributed by atoms with van der Waals surface area (Å²) in [6, 6.07) is 14.4. The average molecular weight is 362 g/mol. The molecule has 3 aromatic rings. The van der Waals surface area contributed by atoms with Crippen molar-refractivity contribution in [3.63, 3.8) is 0 Å². The molecule has 1 heterocycles. The molecule has 0 atom stereocenters. The summed E-state index contributed by atoms with van der Waals surface area (Å²) in [5.41, 5.74) is 2.32. The second-order valence-electron chi connectivity index (χ2n) is 5.15. The molecule has 0 saturated carbocycles. The number of nitrogens with zero attached hydrogens (tertiary/aromatic N) is 1. The molecule has 122 valence electrons. The Morgan fingerprint density at radius 2 is 1.88 bits per heavy atom. The molecule has 0 aliphatic heterocycles. The number of carbonyl (C=O) groups is 1. The van der Waals surface area contributed by atoms with Gasteiger partial charge in [0.2, 0.25) is 0 Å². The summed E-state index contributed by atoms with van der Waals surface area (Å²) in [5.74, 6) is -0.0910. The lowest BCUT2D eigenvalue weighted by Crippen LogP contribution is -2.07. The molecule has 0 N–H and O–H groups in total. The van der Waals surface area contributed by atoms with Gasteiger partial charge in [0.05, 0.1) is 10.0 Å². The summed E-state index contributed by atoms with van der Waals surface area (Å²) in [7, 11) is 0. The lowest BCUT2D eigenvalue weighted by Gasteiger charge is -2.06. The molecule has 24 heavy (non-hydrogen) atoms. The van der Waals surface area contributed by atoms with Gasteiger partial charge in [-0.25, -0.2) is 4.79 Å². The maximum atomic E-state index is 12.5. The van der Waals surface area contributed by atoms with Crippen molar-refractivity contribution in [1.29, 1.82) is 0 Å². The molecular formula is C18H13Cl2NO3. The van der Waals surface area contributed by atoms with Crippen molar-refractivity contribution in [2.45, 2.75) is 13.5 Å². The molecule has 0 spiro atoms. The van der Waals surface area contributed by atoms with Gasteiger partial charge in [0.1, 0.15) is 23.6 Å². The Morgan fingerprint density at radius 1 is 1.12 bits per heavy atom. The molecule has 1 aromatic heterocycles. The fourth-order valence-electron chi connectivity index (χ4n) is 2.26. The lowest BCUT2D eigenvalue weighted by atomic mass is 10.1. The number of aromatic nitrogens is 1. The van der Waals surface area contributed by atoms with E-state index in [9.17, 15) is 4.79 Å². The Kier molecular flexibility index (Phi) is 4.88. The molecule has 6 heteroatoms. The third-order valence-electron chi connectivity index (χ3n) is 3.47. The van der Waals surface area contributed by atoms with Crippen LogP contribution in [0, 0.1) is 6.92 Å². The standard InChI is InChI=1S/C18H13Cl2NO3/c1-11-16(17(21-24-11)13-5-3-2-4-6-13)18(22)23-10-12-7-8-14(19)15(20)9-12/h2-9H,10H2,1H3. The molecule has 0 radical (unpaired) electrons. The van der Waals surface area contributed by atoms with E-state index < -0.39 is 5.97 Å². The van der Waals surface area contributed by atoms with Crippen molar-refractivity contribution in [3.05, 3.63) is 75.5 Å².